The van der Waals surface area contributed by atoms with Crippen molar-refractivity contribution in [3.63, 3.8) is 0 Å². The van der Waals surface area contributed by atoms with Gasteiger partial charge in [0.25, 0.3) is 5.91 Å². The summed E-state index contributed by atoms with van der Waals surface area (Å²) in [4.78, 5) is 34.5. The number of aromatic carboxylic acids is 1. The highest BCUT2D eigenvalue weighted by molar-refractivity contribution is 6.35. The molecule has 12 heteroatoms. The molecule has 8 rings (SSSR count). The number of amides is 1. The van der Waals surface area contributed by atoms with Gasteiger partial charge < -0.3 is 23.9 Å². The van der Waals surface area contributed by atoms with E-state index in [1.807, 2.05) is 112 Å². The number of carbonyl (C=O) groups excluding carboxylic acids is 1. The Balaban J connectivity index is 1.28. The van der Waals surface area contributed by atoms with Gasteiger partial charge in [-0.15, -0.1) is 0 Å². The second-order valence-electron chi connectivity index (χ2n) is 15.2. The zero-order valence-corrected chi connectivity index (χ0v) is 34.6. The molecule has 7 aromatic rings. The summed E-state index contributed by atoms with van der Waals surface area (Å²) in [7, 11) is 1.92. The molecule has 0 aliphatic carbocycles. The first-order chi connectivity index (χ1) is 27.2. The lowest BCUT2D eigenvalue weighted by atomic mass is 9.98. The number of carboxylic acids is 1. The molecule has 1 aliphatic rings. The number of benzene rings is 3. The van der Waals surface area contributed by atoms with Crippen LogP contribution in [0.15, 0.2) is 66.7 Å². The van der Waals surface area contributed by atoms with E-state index < -0.39 is 5.97 Å². The van der Waals surface area contributed by atoms with Gasteiger partial charge in [0.05, 0.1) is 46.3 Å². The van der Waals surface area contributed by atoms with E-state index in [1.165, 1.54) is 0 Å². The third-order valence-electron chi connectivity index (χ3n) is 11.2. The number of anilines is 1. The Morgan fingerprint density at radius 3 is 2.37 bits per heavy atom. The average molecular weight is 804 g/mol. The number of hydrogen-bond donors (Lipinski definition) is 1. The standard InChI is InChI=1S/C45H44Cl2N6O4/c1-24-19-32(20-25(2)40(24)47)57-18-10-14-33-34-16-17-35(46)39(38-28(5)49-50(7)29(38)6)42(34)53-27(4)22-52(44(54)43(33)53)36-15-9-12-30-21-37(45(55)56)51(41(30)36)23-31-13-8-11-26(3)48-31/h8-9,11-13,15-17,19-21,27H,10,14,18,22-23H2,1-7H3,(H,55,56)/t27-/m1/s1. The van der Waals surface area contributed by atoms with E-state index >= 15 is 4.79 Å². The lowest BCUT2D eigenvalue weighted by Crippen LogP contribution is -2.43. The first-order valence-electron chi connectivity index (χ1n) is 19.1. The summed E-state index contributed by atoms with van der Waals surface area (Å²) in [6.07, 6.45) is 1.20. The third kappa shape index (κ3) is 6.54. The fourth-order valence-corrected chi connectivity index (χ4v) is 9.01. The molecule has 0 radical (unpaired) electrons. The summed E-state index contributed by atoms with van der Waals surface area (Å²) in [5.74, 6) is -0.470. The smallest absolute Gasteiger partial charge is 0.352 e. The number of carboxylic acid groups (broad SMARTS) is 1. The second kappa shape index (κ2) is 14.7. The van der Waals surface area contributed by atoms with E-state index in [9.17, 15) is 9.90 Å². The van der Waals surface area contributed by atoms with E-state index in [2.05, 4.69) is 16.5 Å². The predicted molar refractivity (Wildman–Crippen MR) is 227 cm³/mol. The number of halogens is 2. The van der Waals surface area contributed by atoms with Crippen molar-refractivity contribution in [3.05, 3.63) is 128 Å². The third-order valence-corrected chi connectivity index (χ3v) is 12.2. The van der Waals surface area contributed by atoms with Crippen LogP contribution in [0.3, 0.4) is 0 Å². The molecular weight excluding hydrogens is 759 g/mol. The molecule has 4 aromatic heterocycles. The normalized spacial score (nSPS) is 14.2. The minimum absolute atomic E-state index is 0.126. The van der Waals surface area contributed by atoms with Crippen LogP contribution in [-0.2, 0) is 20.0 Å². The quantitative estimate of drug-likeness (QED) is 0.138. The number of carbonyl (C=O) groups is 2. The Labute approximate surface area is 341 Å². The maximum Gasteiger partial charge on any atom is 0.352 e. The second-order valence-corrected chi connectivity index (χ2v) is 16.0. The van der Waals surface area contributed by atoms with Crippen LogP contribution in [0.2, 0.25) is 10.0 Å². The van der Waals surface area contributed by atoms with Gasteiger partial charge in [0.15, 0.2) is 0 Å². The van der Waals surface area contributed by atoms with Crippen molar-refractivity contribution in [2.75, 3.05) is 18.1 Å². The number of rotatable bonds is 10. The average Bonchev–Trinajstić information content (AvgIpc) is 3.79. The summed E-state index contributed by atoms with van der Waals surface area (Å²) in [6, 6.07) is 20.7. The zero-order chi connectivity index (χ0) is 40.4. The van der Waals surface area contributed by atoms with Crippen LogP contribution in [0.4, 0.5) is 5.69 Å². The summed E-state index contributed by atoms with van der Waals surface area (Å²) in [6.45, 7) is 13.0. The maximum absolute atomic E-state index is 15.4. The fourth-order valence-electron chi connectivity index (χ4n) is 8.65. The van der Waals surface area contributed by atoms with E-state index in [1.54, 1.807) is 10.6 Å². The van der Waals surface area contributed by atoms with Crippen LogP contribution in [0.1, 0.15) is 79.8 Å². The zero-order valence-electron chi connectivity index (χ0n) is 33.1. The van der Waals surface area contributed by atoms with Crippen LogP contribution in [-0.4, -0.2) is 54.0 Å². The van der Waals surface area contributed by atoms with Crippen LogP contribution in [0, 0.1) is 34.6 Å². The molecule has 0 bridgehead atoms. The number of hydrogen-bond acceptors (Lipinski definition) is 5. The van der Waals surface area contributed by atoms with E-state index in [-0.39, 0.29) is 24.2 Å². The molecule has 3 aromatic carbocycles. The minimum atomic E-state index is -1.05. The molecule has 1 aliphatic heterocycles. The van der Waals surface area contributed by atoms with Gasteiger partial charge in [0.1, 0.15) is 17.1 Å². The van der Waals surface area contributed by atoms with Crippen LogP contribution in [0.5, 0.6) is 5.75 Å². The van der Waals surface area contributed by atoms with Gasteiger partial charge in [0.2, 0.25) is 0 Å². The molecule has 1 N–H and O–H groups in total. The van der Waals surface area contributed by atoms with Crippen LogP contribution >= 0.6 is 23.2 Å². The number of para-hydroxylation sites is 1. The number of fused-ring (bicyclic) bond motifs is 4. The molecule has 0 saturated heterocycles. The molecule has 1 amide bonds. The van der Waals surface area contributed by atoms with E-state index in [0.29, 0.717) is 47.9 Å². The first kappa shape index (κ1) is 38.3. The van der Waals surface area contributed by atoms with Gasteiger partial charge in [-0.1, -0.05) is 47.5 Å². The van der Waals surface area contributed by atoms with Crippen LogP contribution < -0.4 is 9.64 Å². The SMILES string of the molecule is Cc1cccc(Cn2c(C(=O)O)cc3cccc(N4C[C@@H](C)n5c(c(CCCOc6cc(C)c(Cl)c(C)c6)c6ccc(Cl)c(-c7c(C)nn(C)c7C)c65)C4=O)c32)n1. The molecule has 292 valence electrons. The predicted octanol–water partition coefficient (Wildman–Crippen LogP) is 10.2. The Bertz CT molecular complexity index is 2760. The molecule has 0 unspecified atom stereocenters. The monoisotopic (exact) mass is 802 g/mol. The summed E-state index contributed by atoms with van der Waals surface area (Å²) >= 11 is 13.6. The van der Waals surface area contributed by atoms with Gasteiger partial charge in [-0.25, -0.2) is 4.79 Å². The highest BCUT2D eigenvalue weighted by atomic mass is 35.5. The highest BCUT2D eigenvalue weighted by Gasteiger charge is 2.38. The summed E-state index contributed by atoms with van der Waals surface area (Å²) in [5, 5.41) is 18.1. The van der Waals surface area contributed by atoms with Gasteiger partial charge in [-0.05, 0) is 114 Å². The molecule has 0 fully saturated rings. The maximum atomic E-state index is 15.4. The van der Waals surface area contributed by atoms with Crippen molar-refractivity contribution in [3.8, 4) is 16.9 Å². The van der Waals surface area contributed by atoms with Gasteiger partial charge in [-0.2, -0.15) is 5.10 Å². The molecular formula is C45H44Cl2N6O4. The van der Waals surface area contributed by atoms with Gasteiger partial charge in [0, 0.05) is 57.9 Å². The number of aryl methyl sites for hydroxylation is 6. The van der Waals surface area contributed by atoms with Crippen molar-refractivity contribution in [2.45, 2.75) is 67.0 Å². The molecule has 1 atom stereocenters. The van der Waals surface area contributed by atoms with Crippen molar-refractivity contribution >= 4 is 62.6 Å². The molecule has 57 heavy (non-hydrogen) atoms. The van der Waals surface area contributed by atoms with E-state index in [4.69, 9.17) is 33.0 Å². The fraction of sp³-hybridized carbons (Fsp3) is 0.289. The van der Waals surface area contributed by atoms with Crippen molar-refractivity contribution in [1.29, 1.82) is 0 Å². The molecule has 10 nitrogen and oxygen atoms in total. The lowest BCUT2D eigenvalue weighted by Gasteiger charge is -2.35. The number of ether oxygens (including phenoxy) is 1. The Hall–Kier alpha value is -5.58. The largest absolute Gasteiger partial charge is 0.494 e. The highest BCUT2D eigenvalue weighted by Crippen LogP contribution is 2.46. The number of nitrogens with zero attached hydrogens (tertiary/aromatic N) is 6. The Morgan fingerprint density at radius 1 is 0.947 bits per heavy atom. The number of aromatic nitrogens is 5. The molecule has 0 saturated carbocycles. The van der Waals surface area contributed by atoms with Crippen LogP contribution in [0.25, 0.3) is 32.9 Å². The van der Waals surface area contributed by atoms with Gasteiger partial charge in [-0.3, -0.25) is 14.5 Å². The van der Waals surface area contributed by atoms with Crippen molar-refractivity contribution < 1.29 is 19.4 Å². The number of pyridine rings is 1. The Morgan fingerprint density at radius 2 is 1.68 bits per heavy atom. The minimum Gasteiger partial charge on any atom is -0.494 e. The Kier molecular flexibility index (Phi) is 9.90. The molecule has 0 spiro atoms. The van der Waals surface area contributed by atoms with E-state index in [0.717, 1.165) is 77.7 Å². The summed E-state index contributed by atoms with van der Waals surface area (Å²) in [5.41, 5.74) is 10.9. The topological polar surface area (TPSA) is 107 Å². The van der Waals surface area contributed by atoms with Gasteiger partial charge >= 0.3 is 5.97 Å². The van der Waals surface area contributed by atoms with Crippen molar-refractivity contribution in [2.24, 2.45) is 7.05 Å². The lowest BCUT2D eigenvalue weighted by molar-refractivity contribution is 0.0686. The van der Waals surface area contributed by atoms with Crippen molar-refractivity contribution in [1.82, 2.24) is 23.9 Å². The molecule has 5 heterocycles. The summed E-state index contributed by atoms with van der Waals surface area (Å²) < 4.78 is 12.0. The first-order valence-corrected chi connectivity index (χ1v) is 19.9.